The maximum absolute atomic E-state index is 11.0. The van der Waals surface area contributed by atoms with Gasteiger partial charge >= 0.3 is 5.97 Å². The Morgan fingerprint density at radius 1 is 1.24 bits per heavy atom. The molecule has 0 aliphatic carbocycles. The molecule has 1 heterocycles. The van der Waals surface area contributed by atoms with Crippen LogP contribution in [0, 0.1) is 0 Å². The van der Waals surface area contributed by atoms with Crippen LogP contribution in [-0.4, -0.2) is 54.0 Å². The first-order valence-corrected chi connectivity index (χ1v) is 6.88. The highest BCUT2D eigenvalue weighted by Gasteiger charge is 2.39. The molecular formula is C15H21NO5. The lowest BCUT2D eigenvalue weighted by Gasteiger charge is -2.35. The van der Waals surface area contributed by atoms with Crippen LogP contribution in [0.25, 0.3) is 0 Å². The number of aliphatic carboxylic acids is 1. The van der Waals surface area contributed by atoms with Crippen molar-refractivity contribution < 1.29 is 24.5 Å². The largest absolute Gasteiger partial charge is 0.496 e. The van der Waals surface area contributed by atoms with Crippen molar-refractivity contribution in [2.24, 2.45) is 0 Å². The van der Waals surface area contributed by atoms with E-state index in [1.54, 1.807) is 14.2 Å². The Bertz CT molecular complexity index is 487. The third-order valence-corrected chi connectivity index (χ3v) is 3.99. The monoisotopic (exact) mass is 295 g/mol. The van der Waals surface area contributed by atoms with Crippen molar-refractivity contribution in [3.63, 3.8) is 0 Å². The molecule has 116 valence electrons. The number of carboxylic acid groups (broad SMARTS) is 1. The number of aliphatic hydroxyl groups is 1. The summed E-state index contributed by atoms with van der Waals surface area (Å²) >= 11 is 0. The molecule has 1 saturated heterocycles. The third kappa shape index (κ3) is 3.28. The molecule has 0 aromatic heterocycles. The van der Waals surface area contributed by atoms with E-state index in [-0.39, 0.29) is 12.8 Å². The van der Waals surface area contributed by atoms with Gasteiger partial charge in [-0.25, -0.2) is 4.79 Å². The number of hydrogen-bond donors (Lipinski definition) is 2. The second kappa shape index (κ2) is 6.32. The summed E-state index contributed by atoms with van der Waals surface area (Å²) in [6.45, 7) is 1.64. The third-order valence-electron chi connectivity index (χ3n) is 3.99. The number of hydrogen-bond acceptors (Lipinski definition) is 5. The Morgan fingerprint density at radius 3 is 2.19 bits per heavy atom. The van der Waals surface area contributed by atoms with Gasteiger partial charge in [-0.1, -0.05) is 6.07 Å². The lowest BCUT2D eigenvalue weighted by molar-refractivity contribution is -0.163. The number of methoxy groups -OCH3 is 2. The van der Waals surface area contributed by atoms with Crippen LogP contribution in [0.2, 0.25) is 0 Å². The molecule has 2 N–H and O–H groups in total. The van der Waals surface area contributed by atoms with Gasteiger partial charge in [0.1, 0.15) is 11.5 Å². The Balaban J connectivity index is 2.09. The summed E-state index contributed by atoms with van der Waals surface area (Å²) in [6, 6.07) is 5.60. The number of nitrogens with zero attached hydrogens (tertiary/aromatic N) is 1. The fourth-order valence-electron chi connectivity index (χ4n) is 2.60. The molecule has 0 amide bonds. The quantitative estimate of drug-likeness (QED) is 0.847. The summed E-state index contributed by atoms with van der Waals surface area (Å²) in [5.41, 5.74) is -0.662. The van der Waals surface area contributed by atoms with Gasteiger partial charge < -0.3 is 19.7 Å². The lowest BCUT2D eigenvalue weighted by atomic mass is 9.91. The molecule has 0 spiro atoms. The van der Waals surface area contributed by atoms with Crippen LogP contribution < -0.4 is 9.47 Å². The topological polar surface area (TPSA) is 79.2 Å². The van der Waals surface area contributed by atoms with Crippen molar-refractivity contribution in [3.8, 4) is 11.5 Å². The summed E-state index contributed by atoms with van der Waals surface area (Å²) in [7, 11) is 3.22. The molecule has 0 saturated carbocycles. The minimum Gasteiger partial charge on any atom is -0.496 e. The number of piperidine rings is 1. The smallest absolute Gasteiger partial charge is 0.335 e. The van der Waals surface area contributed by atoms with Crippen molar-refractivity contribution in [2.45, 2.75) is 25.0 Å². The van der Waals surface area contributed by atoms with E-state index in [2.05, 4.69) is 4.90 Å². The standard InChI is InChI=1S/C15H21NO5/c1-20-12-4-3-5-13(21-2)11(12)10-16-8-6-15(19,7-9-16)14(17)18/h3-5,19H,6-10H2,1-2H3,(H,17,18). The number of likely N-dealkylation sites (tertiary alicyclic amines) is 1. The molecule has 0 atom stereocenters. The molecule has 0 radical (unpaired) electrons. The number of ether oxygens (including phenoxy) is 2. The Kier molecular flexibility index (Phi) is 4.69. The minimum atomic E-state index is -1.60. The fourth-order valence-corrected chi connectivity index (χ4v) is 2.60. The van der Waals surface area contributed by atoms with E-state index in [4.69, 9.17) is 14.6 Å². The van der Waals surface area contributed by atoms with Crippen LogP contribution in [0.15, 0.2) is 18.2 Å². The molecule has 0 unspecified atom stereocenters. The summed E-state index contributed by atoms with van der Waals surface area (Å²) in [5, 5.41) is 19.0. The van der Waals surface area contributed by atoms with E-state index in [0.717, 1.165) is 17.1 Å². The number of rotatable bonds is 5. The van der Waals surface area contributed by atoms with Gasteiger partial charge in [-0.15, -0.1) is 0 Å². The first kappa shape index (κ1) is 15.6. The molecule has 1 aromatic carbocycles. The van der Waals surface area contributed by atoms with Gasteiger partial charge in [0.15, 0.2) is 5.60 Å². The highest BCUT2D eigenvalue weighted by Crippen LogP contribution is 2.31. The van der Waals surface area contributed by atoms with E-state index in [1.807, 2.05) is 18.2 Å². The van der Waals surface area contributed by atoms with Crippen molar-refractivity contribution in [1.29, 1.82) is 0 Å². The van der Waals surface area contributed by atoms with E-state index in [9.17, 15) is 9.90 Å². The van der Waals surface area contributed by atoms with Crippen LogP contribution in [0.1, 0.15) is 18.4 Å². The van der Waals surface area contributed by atoms with Gasteiger partial charge in [-0.2, -0.15) is 0 Å². The normalized spacial score (nSPS) is 18.2. The maximum Gasteiger partial charge on any atom is 0.335 e. The van der Waals surface area contributed by atoms with E-state index < -0.39 is 11.6 Å². The minimum absolute atomic E-state index is 0.222. The van der Waals surface area contributed by atoms with E-state index in [0.29, 0.717) is 19.6 Å². The van der Waals surface area contributed by atoms with Gasteiger partial charge in [0, 0.05) is 19.6 Å². The molecule has 1 aliphatic rings. The highest BCUT2D eigenvalue weighted by atomic mass is 16.5. The van der Waals surface area contributed by atoms with Crippen molar-refractivity contribution in [2.75, 3.05) is 27.3 Å². The lowest BCUT2D eigenvalue weighted by Crippen LogP contribution is -2.49. The summed E-state index contributed by atoms with van der Waals surface area (Å²) in [4.78, 5) is 13.1. The molecular weight excluding hydrogens is 274 g/mol. The summed E-state index contributed by atoms with van der Waals surface area (Å²) < 4.78 is 10.7. The van der Waals surface area contributed by atoms with Gasteiger partial charge in [-0.3, -0.25) is 4.90 Å². The zero-order valence-corrected chi connectivity index (χ0v) is 12.3. The molecule has 1 aromatic rings. The van der Waals surface area contributed by atoms with Crippen molar-refractivity contribution >= 4 is 5.97 Å². The predicted molar refractivity (Wildman–Crippen MR) is 76.6 cm³/mol. The predicted octanol–water partition coefficient (Wildman–Crippen LogP) is 1.12. The molecule has 1 fully saturated rings. The average Bonchev–Trinajstić information content (AvgIpc) is 2.49. The second-order valence-corrected chi connectivity index (χ2v) is 5.25. The fraction of sp³-hybridized carbons (Fsp3) is 0.533. The van der Waals surface area contributed by atoms with Crippen LogP contribution >= 0.6 is 0 Å². The van der Waals surface area contributed by atoms with Crippen molar-refractivity contribution in [1.82, 2.24) is 4.90 Å². The Morgan fingerprint density at radius 2 is 1.76 bits per heavy atom. The van der Waals surface area contributed by atoms with Gasteiger partial charge in [0.05, 0.1) is 19.8 Å². The van der Waals surface area contributed by atoms with Crippen molar-refractivity contribution in [3.05, 3.63) is 23.8 Å². The van der Waals surface area contributed by atoms with E-state index in [1.165, 1.54) is 0 Å². The van der Waals surface area contributed by atoms with Gasteiger partial charge in [-0.05, 0) is 25.0 Å². The Labute approximate surface area is 123 Å². The molecule has 6 heteroatoms. The molecule has 6 nitrogen and oxygen atoms in total. The molecule has 1 aliphatic heterocycles. The first-order valence-electron chi connectivity index (χ1n) is 6.88. The first-order chi connectivity index (χ1) is 10.00. The van der Waals surface area contributed by atoms with Crippen LogP contribution in [0.4, 0.5) is 0 Å². The summed E-state index contributed by atoms with van der Waals surface area (Å²) in [5.74, 6) is 0.346. The number of benzene rings is 1. The maximum atomic E-state index is 11.0. The van der Waals surface area contributed by atoms with Gasteiger partial charge in [0.2, 0.25) is 0 Å². The van der Waals surface area contributed by atoms with Crippen LogP contribution in [0.5, 0.6) is 11.5 Å². The SMILES string of the molecule is COc1cccc(OC)c1CN1CCC(O)(C(=O)O)CC1. The highest BCUT2D eigenvalue weighted by molar-refractivity contribution is 5.77. The average molecular weight is 295 g/mol. The van der Waals surface area contributed by atoms with Crippen LogP contribution in [0.3, 0.4) is 0 Å². The van der Waals surface area contributed by atoms with Crippen LogP contribution in [-0.2, 0) is 11.3 Å². The second-order valence-electron chi connectivity index (χ2n) is 5.25. The zero-order valence-electron chi connectivity index (χ0n) is 12.3. The van der Waals surface area contributed by atoms with E-state index >= 15 is 0 Å². The molecule has 21 heavy (non-hydrogen) atoms. The Hall–Kier alpha value is -1.79. The number of carboxylic acids is 1. The molecule has 2 rings (SSSR count). The molecule has 0 bridgehead atoms. The zero-order chi connectivity index (χ0) is 15.5. The van der Waals surface area contributed by atoms with Gasteiger partial charge in [0.25, 0.3) is 0 Å². The summed E-state index contributed by atoms with van der Waals surface area (Å²) in [6.07, 6.45) is 0.444. The number of carbonyl (C=O) groups is 1.